The fourth-order valence-corrected chi connectivity index (χ4v) is 3.10. The minimum atomic E-state index is -0.113. The second kappa shape index (κ2) is 13.3. The van der Waals surface area contributed by atoms with Gasteiger partial charge in [0, 0.05) is 39.3 Å². The van der Waals surface area contributed by atoms with Crippen LogP contribution in [0.2, 0.25) is 0 Å². The second-order valence-electron chi connectivity index (χ2n) is 7.02. The van der Waals surface area contributed by atoms with E-state index >= 15 is 0 Å². The third-order valence-corrected chi connectivity index (χ3v) is 4.55. The van der Waals surface area contributed by atoms with Crippen LogP contribution < -0.4 is 10.6 Å². The molecule has 0 saturated carbocycles. The van der Waals surface area contributed by atoms with Gasteiger partial charge in [0.1, 0.15) is 0 Å². The molecule has 1 aliphatic rings. The van der Waals surface area contributed by atoms with Gasteiger partial charge in [-0.3, -0.25) is 4.90 Å². The predicted octanol–water partition coefficient (Wildman–Crippen LogP) is 2.35. The zero-order chi connectivity index (χ0) is 18.8. The highest BCUT2D eigenvalue weighted by Gasteiger charge is 2.16. The molecule has 1 aromatic carbocycles. The van der Waals surface area contributed by atoms with E-state index in [4.69, 9.17) is 4.74 Å². The first-order chi connectivity index (χ1) is 12.6. The van der Waals surface area contributed by atoms with Crippen molar-refractivity contribution in [2.24, 2.45) is 4.99 Å². The van der Waals surface area contributed by atoms with Crippen LogP contribution in [0.3, 0.4) is 0 Å². The van der Waals surface area contributed by atoms with Crippen molar-refractivity contribution in [3.05, 3.63) is 35.4 Å². The van der Waals surface area contributed by atoms with Crippen LogP contribution in [0.5, 0.6) is 0 Å². The number of hydrogen-bond donors (Lipinski definition) is 3. The van der Waals surface area contributed by atoms with E-state index in [-0.39, 0.29) is 36.1 Å². The van der Waals surface area contributed by atoms with Gasteiger partial charge < -0.3 is 20.5 Å². The summed E-state index contributed by atoms with van der Waals surface area (Å²) in [6.07, 6.45) is 1.65. The molecule has 0 amide bonds. The number of nitrogens with one attached hydrogen (secondary N) is 2. The number of likely N-dealkylation sites (tertiary alicyclic amines) is 1. The molecule has 3 N–H and O–H groups in total. The monoisotopic (exact) mass is 490 g/mol. The van der Waals surface area contributed by atoms with Crippen LogP contribution in [0.25, 0.3) is 0 Å². The molecule has 1 aliphatic heterocycles. The quantitative estimate of drug-likeness (QED) is 0.297. The van der Waals surface area contributed by atoms with Crippen LogP contribution in [0.4, 0.5) is 0 Å². The van der Waals surface area contributed by atoms with Gasteiger partial charge in [0.05, 0.1) is 19.3 Å². The van der Waals surface area contributed by atoms with E-state index in [0.717, 1.165) is 45.0 Å². The maximum atomic E-state index is 9.60. The topological polar surface area (TPSA) is 69.1 Å². The Balaban J connectivity index is 0.00000364. The van der Waals surface area contributed by atoms with Gasteiger partial charge in [-0.05, 0) is 37.8 Å². The molecular formula is C20H35IN4O2. The van der Waals surface area contributed by atoms with Crippen LogP contribution in [0.15, 0.2) is 29.3 Å². The zero-order valence-electron chi connectivity index (χ0n) is 16.8. The average Bonchev–Trinajstić information content (AvgIpc) is 2.63. The fourth-order valence-electron chi connectivity index (χ4n) is 3.10. The fraction of sp³-hybridized carbons (Fsp3) is 0.650. The predicted molar refractivity (Wildman–Crippen MR) is 122 cm³/mol. The third kappa shape index (κ3) is 9.23. The van der Waals surface area contributed by atoms with Gasteiger partial charge >= 0.3 is 0 Å². The summed E-state index contributed by atoms with van der Waals surface area (Å²) < 4.78 is 5.16. The third-order valence-electron chi connectivity index (χ3n) is 4.55. The van der Waals surface area contributed by atoms with Crippen molar-refractivity contribution in [3.63, 3.8) is 0 Å². The summed E-state index contributed by atoms with van der Waals surface area (Å²) in [4.78, 5) is 7.07. The highest BCUT2D eigenvalue weighted by atomic mass is 127. The number of aliphatic hydroxyl groups is 1. The Hall–Kier alpha value is -0.900. The Morgan fingerprint density at radius 3 is 2.48 bits per heavy atom. The standard InChI is InChI=1S/C20H34N4O2.HI/c1-4-21-20(23-16(2)15-26-3)22-13-17-5-7-18(8-6-17)14-24-11-9-19(25)10-12-24;/h5-8,16,19,25H,4,9-15H2,1-3H3,(H2,21,22,23);1H. The van der Waals surface area contributed by atoms with E-state index in [1.54, 1.807) is 7.11 Å². The van der Waals surface area contributed by atoms with Crippen LogP contribution in [0, 0.1) is 0 Å². The van der Waals surface area contributed by atoms with Crippen molar-refractivity contribution < 1.29 is 9.84 Å². The number of benzene rings is 1. The summed E-state index contributed by atoms with van der Waals surface area (Å²) in [5, 5.41) is 16.2. The van der Waals surface area contributed by atoms with E-state index in [1.165, 1.54) is 11.1 Å². The van der Waals surface area contributed by atoms with Crippen LogP contribution >= 0.6 is 24.0 Å². The summed E-state index contributed by atoms with van der Waals surface area (Å²) in [5.74, 6) is 0.813. The van der Waals surface area contributed by atoms with Crippen LogP contribution in [0.1, 0.15) is 37.8 Å². The average molecular weight is 490 g/mol. The lowest BCUT2D eigenvalue weighted by atomic mass is 10.1. The highest BCUT2D eigenvalue weighted by Crippen LogP contribution is 2.14. The number of rotatable bonds is 8. The molecule has 7 heteroatoms. The molecule has 1 aromatic rings. The number of halogens is 1. The lowest BCUT2D eigenvalue weighted by Gasteiger charge is -2.29. The Bertz CT molecular complexity index is 545. The van der Waals surface area contributed by atoms with Gasteiger partial charge in [0.25, 0.3) is 0 Å². The lowest BCUT2D eigenvalue weighted by Crippen LogP contribution is -2.43. The van der Waals surface area contributed by atoms with Crippen molar-refractivity contribution in [2.45, 2.75) is 51.9 Å². The SMILES string of the molecule is CCNC(=NCc1ccc(CN2CCC(O)CC2)cc1)NC(C)COC.I. The summed E-state index contributed by atoms with van der Waals surface area (Å²) in [7, 11) is 1.70. The molecule has 0 bridgehead atoms. The van der Waals surface area contributed by atoms with Gasteiger partial charge in [-0.25, -0.2) is 4.99 Å². The Kier molecular flexibility index (Phi) is 11.9. The molecule has 0 aliphatic carbocycles. The Labute approximate surface area is 180 Å². The number of nitrogens with zero attached hydrogens (tertiary/aromatic N) is 2. The molecular weight excluding hydrogens is 455 g/mol. The molecule has 1 unspecified atom stereocenters. The molecule has 6 nitrogen and oxygen atoms in total. The summed E-state index contributed by atoms with van der Waals surface area (Å²) in [5.41, 5.74) is 2.51. The maximum absolute atomic E-state index is 9.60. The number of hydrogen-bond acceptors (Lipinski definition) is 4. The first-order valence-corrected chi connectivity index (χ1v) is 9.62. The molecule has 1 atom stereocenters. The Morgan fingerprint density at radius 2 is 1.89 bits per heavy atom. The smallest absolute Gasteiger partial charge is 0.191 e. The van der Waals surface area contributed by atoms with E-state index < -0.39 is 0 Å². The normalized spacial score (nSPS) is 17.3. The molecule has 1 saturated heterocycles. The highest BCUT2D eigenvalue weighted by molar-refractivity contribution is 14.0. The molecule has 2 rings (SSSR count). The van der Waals surface area contributed by atoms with Crippen molar-refractivity contribution in [2.75, 3.05) is 33.4 Å². The van der Waals surface area contributed by atoms with Crippen LogP contribution in [-0.2, 0) is 17.8 Å². The minimum absolute atomic E-state index is 0. The number of aliphatic imine (C=N–C) groups is 1. The summed E-state index contributed by atoms with van der Waals surface area (Å²) in [6, 6.07) is 8.89. The number of guanidine groups is 1. The number of methoxy groups -OCH3 is 1. The van der Waals surface area contributed by atoms with E-state index in [0.29, 0.717) is 13.2 Å². The van der Waals surface area contributed by atoms with Crippen molar-refractivity contribution in [1.82, 2.24) is 15.5 Å². The summed E-state index contributed by atoms with van der Waals surface area (Å²) >= 11 is 0. The zero-order valence-corrected chi connectivity index (χ0v) is 19.1. The molecule has 0 aromatic heterocycles. The first-order valence-electron chi connectivity index (χ1n) is 9.62. The number of ether oxygens (including phenoxy) is 1. The first kappa shape index (κ1) is 24.1. The number of aliphatic hydroxyl groups excluding tert-OH is 1. The van der Waals surface area contributed by atoms with Gasteiger partial charge in [-0.1, -0.05) is 24.3 Å². The molecule has 27 heavy (non-hydrogen) atoms. The van der Waals surface area contributed by atoms with Crippen LogP contribution in [-0.4, -0.2) is 61.5 Å². The molecule has 0 radical (unpaired) electrons. The Morgan fingerprint density at radius 1 is 1.26 bits per heavy atom. The van der Waals surface area contributed by atoms with Crippen molar-refractivity contribution >= 4 is 29.9 Å². The molecule has 1 fully saturated rings. The molecule has 1 heterocycles. The van der Waals surface area contributed by atoms with Gasteiger partial charge in [-0.2, -0.15) is 0 Å². The van der Waals surface area contributed by atoms with Gasteiger partial charge in [0.15, 0.2) is 5.96 Å². The van der Waals surface area contributed by atoms with E-state index in [1.807, 2.05) is 0 Å². The van der Waals surface area contributed by atoms with E-state index in [9.17, 15) is 5.11 Å². The molecule has 154 valence electrons. The van der Waals surface area contributed by atoms with Gasteiger partial charge in [0.2, 0.25) is 0 Å². The van der Waals surface area contributed by atoms with E-state index in [2.05, 4.69) is 58.6 Å². The second-order valence-corrected chi connectivity index (χ2v) is 7.02. The number of piperidine rings is 1. The minimum Gasteiger partial charge on any atom is -0.393 e. The van der Waals surface area contributed by atoms with Gasteiger partial charge in [-0.15, -0.1) is 24.0 Å². The maximum Gasteiger partial charge on any atom is 0.191 e. The largest absolute Gasteiger partial charge is 0.393 e. The van der Waals surface area contributed by atoms with Crippen molar-refractivity contribution in [1.29, 1.82) is 0 Å². The lowest BCUT2D eigenvalue weighted by molar-refractivity contribution is 0.0792. The summed E-state index contributed by atoms with van der Waals surface area (Å²) in [6.45, 7) is 9.16. The van der Waals surface area contributed by atoms with Crippen molar-refractivity contribution in [3.8, 4) is 0 Å². The molecule has 0 spiro atoms.